The number of rotatable bonds is 5. The molecule has 31 heavy (non-hydrogen) atoms. The molecule has 0 unspecified atom stereocenters. The minimum atomic E-state index is -3.99. The van der Waals surface area contributed by atoms with Gasteiger partial charge in [-0.1, -0.05) is 12.5 Å². The lowest BCUT2D eigenvalue weighted by atomic mass is 10.2. The van der Waals surface area contributed by atoms with E-state index in [1.165, 1.54) is 46.8 Å². The van der Waals surface area contributed by atoms with E-state index in [0.29, 0.717) is 24.0 Å². The number of anilines is 1. The summed E-state index contributed by atoms with van der Waals surface area (Å²) in [6, 6.07) is 11.3. The lowest BCUT2D eigenvalue weighted by Crippen LogP contribution is -2.36. The Kier molecular flexibility index (Phi) is 5.63. The van der Waals surface area contributed by atoms with Gasteiger partial charge in [0.05, 0.1) is 15.5 Å². The van der Waals surface area contributed by atoms with Crippen LogP contribution < -0.4 is 10.3 Å². The minimum Gasteiger partial charge on any atom is -0.423 e. The second-order valence-electron chi connectivity index (χ2n) is 7.50. The molecule has 2 aromatic carbocycles. The van der Waals surface area contributed by atoms with Crippen molar-refractivity contribution in [1.82, 2.24) is 4.31 Å². The molecule has 0 amide bonds. The lowest BCUT2D eigenvalue weighted by Gasteiger charge is -2.26. The highest BCUT2D eigenvalue weighted by atomic mass is 32.2. The van der Waals surface area contributed by atoms with Crippen molar-refractivity contribution in [2.75, 3.05) is 17.8 Å². The Morgan fingerprint density at radius 2 is 1.65 bits per heavy atom. The van der Waals surface area contributed by atoms with Crippen LogP contribution in [-0.4, -0.2) is 34.2 Å². The van der Waals surface area contributed by atoms with Crippen LogP contribution in [-0.2, 0) is 20.0 Å². The second-order valence-corrected chi connectivity index (χ2v) is 11.1. The molecule has 1 aliphatic heterocycles. The van der Waals surface area contributed by atoms with Gasteiger partial charge in [0, 0.05) is 24.5 Å². The predicted molar refractivity (Wildman–Crippen MR) is 117 cm³/mol. The first-order valence-electron chi connectivity index (χ1n) is 9.84. The van der Waals surface area contributed by atoms with E-state index < -0.39 is 25.7 Å². The summed E-state index contributed by atoms with van der Waals surface area (Å²) >= 11 is 0. The molecule has 164 valence electrons. The van der Waals surface area contributed by atoms with Crippen LogP contribution in [0, 0.1) is 6.92 Å². The second kappa shape index (κ2) is 8.10. The van der Waals surface area contributed by atoms with Crippen molar-refractivity contribution >= 4 is 36.7 Å². The summed E-state index contributed by atoms with van der Waals surface area (Å²) in [4.78, 5) is 11.4. The minimum absolute atomic E-state index is 0.0325. The number of sulfonamides is 2. The zero-order valence-electron chi connectivity index (χ0n) is 16.9. The Bertz CT molecular complexity index is 1410. The highest BCUT2D eigenvalue weighted by molar-refractivity contribution is 7.92. The maximum atomic E-state index is 13.1. The van der Waals surface area contributed by atoms with Crippen molar-refractivity contribution < 1.29 is 21.3 Å². The quantitative estimate of drug-likeness (QED) is 0.583. The van der Waals surface area contributed by atoms with Gasteiger partial charge in [-0.05, 0) is 61.7 Å². The SMILES string of the molecule is Cc1ccc(NS(=O)(=O)c2ccc3oc(=O)ccc3c2)cc1S(=O)(=O)N1CCCCC1. The first kappa shape index (κ1) is 21.5. The van der Waals surface area contributed by atoms with E-state index in [1.807, 2.05) is 0 Å². The number of piperidine rings is 1. The molecule has 1 fully saturated rings. The normalized spacial score (nSPS) is 15.8. The number of hydrogen-bond donors (Lipinski definition) is 1. The average Bonchev–Trinajstić information content (AvgIpc) is 2.75. The number of nitrogens with zero attached hydrogens (tertiary/aromatic N) is 1. The highest BCUT2D eigenvalue weighted by Crippen LogP contribution is 2.27. The summed E-state index contributed by atoms with van der Waals surface area (Å²) in [5, 5.41) is 0.458. The van der Waals surface area contributed by atoms with Gasteiger partial charge in [0.1, 0.15) is 5.58 Å². The molecule has 1 N–H and O–H groups in total. The monoisotopic (exact) mass is 462 g/mol. The van der Waals surface area contributed by atoms with Gasteiger partial charge >= 0.3 is 5.63 Å². The average molecular weight is 463 g/mol. The Labute approximate surface area is 180 Å². The molecule has 10 heteroatoms. The summed E-state index contributed by atoms with van der Waals surface area (Å²) in [7, 11) is -7.70. The molecule has 4 rings (SSSR count). The summed E-state index contributed by atoms with van der Waals surface area (Å²) in [6.45, 7) is 2.61. The Balaban J connectivity index is 1.67. The smallest absolute Gasteiger partial charge is 0.336 e. The van der Waals surface area contributed by atoms with Gasteiger partial charge < -0.3 is 4.42 Å². The number of fused-ring (bicyclic) bond motifs is 1. The van der Waals surface area contributed by atoms with Gasteiger partial charge in [-0.25, -0.2) is 21.6 Å². The highest BCUT2D eigenvalue weighted by Gasteiger charge is 2.28. The third-order valence-electron chi connectivity index (χ3n) is 5.27. The maximum Gasteiger partial charge on any atom is 0.336 e. The van der Waals surface area contributed by atoms with E-state index in [0.717, 1.165) is 19.3 Å². The van der Waals surface area contributed by atoms with E-state index in [4.69, 9.17) is 4.42 Å². The molecule has 2 heterocycles. The van der Waals surface area contributed by atoms with Crippen molar-refractivity contribution in [3.05, 3.63) is 64.5 Å². The molecule has 1 aliphatic rings. The molecule has 0 spiro atoms. The predicted octanol–water partition coefficient (Wildman–Crippen LogP) is 3.08. The first-order valence-corrected chi connectivity index (χ1v) is 12.8. The van der Waals surface area contributed by atoms with Gasteiger partial charge in [-0.3, -0.25) is 4.72 Å². The molecule has 0 aliphatic carbocycles. The standard InChI is InChI=1S/C21H22N2O6S2/c1-15-5-7-17(14-20(15)31(27,28)23-11-3-2-4-12-23)22-30(25,26)18-8-9-19-16(13-18)6-10-21(24)29-19/h5-10,13-14,22H,2-4,11-12H2,1H3. The fraction of sp³-hybridized carbons (Fsp3) is 0.286. The molecule has 0 bridgehead atoms. The molecule has 0 radical (unpaired) electrons. The van der Waals surface area contributed by atoms with E-state index in [9.17, 15) is 21.6 Å². The van der Waals surface area contributed by atoms with Crippen LogP contribution in [0.2, 0.25) is 0 Å². The molecular formula is C21H22N2O6S2. The van der Waals surface area contributed by atoms with Crippen LogP contribution in [0.1, 0.15) is 24.8 Å². The number of nitrogens with one attached hydrogen (secondary N) is 1. The first-order chi connectivity index (χ1) is 14.7. The summed E-state index contributed by atoms with van der Waals surface area (Å²) in [5.74, 6) is 0. The number of hydrogen-bond acceptors (Lipinski definition) is 6. The molecule has 3 aromatic rings. The van der Waals surface area contributed by atoms with Crippen molar-refractivity contribution in [3.63, 3.8) is 0 Å². The molecule has 1 aromatic heterocycles. The van der Waals surface area contributed by atoms with Crippen LogP contribution in [0.4, 0.5) is 5.69 Å². The molecule has 8 nitrogen and oxygen atoms in total. The van der Waals surface area contributed by atoms with E-state index in [2.05, 4.69) is 4.72 Å². The van der Waals surface area contributed by atoms with Gasteiger partial charge in [0.2, 0.25) is 10.0 Å². The van der Waals surface area contributed by atoms with Gasteiger partial charge in [0.25, 0.3) is 10.0 Å². The topological polar surface area (TPSA) is 114 Å². The lowest BCUT2D eigenvalue weighted by molar-refractivity contribution is 0.346. The Morgan fingerprint density at radius 1 is 0.903 bits per heavy atom. The zero-order chi connectivity index (χ0) is 22.2. The van der Waals surface area contributed by atoms with E-state index >= 15 is 0 Å². The van der Waals surface area contributed by atoms with Crippen molar-refractivity contribution in [2.24, 2.45) is 0 Å². The summed E-state index contributed by atoms with van der Waals surface area (Å²) in [6.07, 6.45) is 2.62. The Hall–Kier alpha value is -2.69. The van der Waals surface area contributed by atoms with Crippen molar-refractivity contribution in [3.8, 4) is 0 Å². The van der Waals surface area contributed by atoms with Crippen LogP contribution >= 0.6 is 0 Å². The van der Waals surface area contributed by atoms with Crippen LogP contribution in [0.3, 0.4) is 0 Å². The largest absolute Gasteiger partial charge is 0.423 e. The third-order valence-corrected chi connectivity index (χ3v) is 8.69. The molecule has 0 saturated carbocycles. The maximum absolute atomic E-state index is 13.1. The molecule has 1 saturated heterocycles. The van der Waals surface area contributed by atoms with Gasteiger partial charge in [0.15, 0.2) is 0 Å². The summed E-state index contributed by atoms with van der Waals surface area (Å²) < 4.78 is 60.9. The van der Waals surface area contributed by atoms with E-state index in [1.54, 1.807) is 13.0 Å². The van der Waals surface area contributed by atoms with Gasteiger partial charge in [-0.15, -0.1) is 0 Å². The fourth-order valence-electron chi connectivity index (χ4n) is 3.62. The van der Waals surface area contributed by atoms with Crippen molar-refractivity contribution in [2.45, 2.75) is 36.0 Å². The Morgan fingerprint density at radius 3 is 2.39 bits per heavy atom. The van der Waals surface area contributed by atoms with Crippen molar-refractivity contribution in [1.29, 1.82) is 0 Å². The van der Waals surface area contributed by atoms with Crippen LogP contribution in [0.15, 0.2) is 67.5 Å². The van der Waals surface area contributed by atoms with E-state index in [-0.39, 0.29) is 21.1 Å². The number of benzene rings is 2. The summed E-state index contributed by atoms with van der Waals surface area (Å²) in [5.41, 5.74) is 0.454. The van der Waals surface area contributed by atoms with Crippen LogP contribution in [0.25, 0.3) is 11.0 Å². The fourth-order valence-corrected chi connectivity index (χ4v) is 6.47. The molecule has 0 atom stereocenters. The van der Waals surface area contributed by atoms with Crippen LogP contribution in [0.5, 0.6) is 0 Å². The third kappa shape index (κ3) is 4.36. The zero-order valence-corrected chi connectivity index (χ0v) is 18.5. The molecular weight excluding hydrogens is 440 g/mol. The number of aryl methyl sites for hydroxylation is 1. The van der Waals surface area contributed by atoms with Gasteiger partial charge in [-0.2, -0.15) is 4.31 Å².